The standard InChI is InChI=1S/C26H20N4O3/c27-24(28)22-11-10-17-14-23(26(31)32)30(25(17)29-22)15-18-13-20(33-19-7-2-1-3-8-19)12-16-6-4-5-9-21(16)18/h1-14H,15H2,(H3,27,28)(H,31,32). The van der Waals surface area contributed by atoms with Crippen molar-refractivity contribution in [1.82, 2.24) is 9.55 Å². The van der Waals surface area contributed by atoms with Crippen LogP contribution < -0.4 is 10.5 Å². The third kappa shape index (κ3) is 3.87. The number of para-hydroxylation sites is 1. The van der Waals surface area contributed by atoms with E-state index in [-0.39, 0.29) is 18.1 Å². The Hall–Kier alpha value is -4.65. The van der Waals surface area contributed by atoms with E-state index in [4.69, 9.17) is 15.9 Å². The molecule has 2 heterocycles. The Morgan fingerprint density at radius 1 is 0.939 bits per heavy atom. The molecule has 0 aliphatic rings. The van der Waals surface area contributed by atoms with E-state index in [0.717, 1.165) is 16.3 Å². The molecule has 0 spiro atoms. The van der Waals surface area contributed by atoms with Gasteiger partial charge in [0.1, 0.15) is 34.4 Å². The number of nitrogens with two attached hydrogens (primary N) is 1. The minimum atomic E-state index is -1.06. The van der Waals surface area contributed by atoms with Gasteiger partial charge < -0.3 is 20.1 Å². The number of hydrogen-bond donors (Lipinski definition) is 3. The smallest absolute Gasteiger partial charge is 0.352 e. The number of ether oxygens (including phenoxy) is 1. The number of pyridine rings is 1. The summed E-state index contributed by atoms with van der Waals surface area (Å²) in [5.41, 5.74) is 7.36. The summed E-state index contributed by atoms with van der Waals surface area (Å²) in [5, 5.41) is 20.2. The Bertz CT molecular complexity index is 1520. The third-order valence-electron chi connectivity index (χ3n) is 5.47. The Morgan fingerprint density at radius 3 is 2.45 bits per heavy atom. The number of fused-ring (bicyclic) bond motifs is 2. The minimum Gasteiger partial charge on any atom is -0.477 e. The number of carbonyl (C=O) groups is 1. The summed E-state index contributed by atoms with van der Waals surface area (Å²) in [5.74, 6) is 0.133. The maximum Gasteiger partial charge on any atom is 0.352 e. The second-order valence-corrected chi connectivity index (χ2v) is 7.66. The van der Waals surface area contributed by atoms with Gasteiger partial charge in [-0.15, -0.1) is 0 Å². The molecule has 0 aliphatic carbocycles. The lowest BCUT2D eigenvalue weighted by molar-refractivity contribution is 0.0686. The summed E-state index contributed by atoms with van der Waals surface area (Å²) >= 11 is 0. The molecule has 7 heteroatoms. The van der Waals surface area contributed by atoms with E-state index in [9.17, 15) is 9.90 Å². The second-order valence-electron chi connectivity index (χ2n) is 7.66. The van der Waals surface area contributed by atoms with Crippen LogP contribution in [-0.2, 0) is 6.54 Å². The van der Waals surface area contributed by atoms with E-state index in [2.05, 4.69) is 4.98 Å². The highest BCUT2D eigenvalue weighted by molar-refractivity contribution is 5.98. The number of hydrogen-bond acceptors (Lipinski definition) is 4. The SMILES string of the molecule is N=C(N)c1ccc2cc(C(=O)O)n(Cc3cc(Oc4ccccc4)cc4ccccc34)c2n1. The van der Waals surface area contributed by atoms with Crippen LogP contribution in [0, 0.1) is 5.41 Å². The number of amidine groups is 1. The largest absolute Gasteiger partial charge is 0.477 e. The topological polar surface area (TPSA) is 114 Å². The highest BCUT2D eigenvalue weighted by Gasteiger charge is 2.18. The first kappa shape index (κ1) is 20.3. The fraction of sp³-hybridized carbons (Fsp3) is 0.0385. The lowest BCUT2D eigenvalue weighted by Crippen LogP contribution is -2.14. The first-order valence-electron chi connectivity index (χ1n) is 10.3. The summed E-state index contributed by atoms with van der Waals surface area (Å²) in [6.45, 7) is 0.256. The van der Waals surface area contributed by atoms with Gasteiger partial charge in [-0.05, 0) is 58.8 Å². The molecule has 2 aromatic heterocycles. The molecule has 0 aliphatic heterocycles. The molecule has 5 aromatic rings. The molecule has 0 amide bonds. The average Bonchev–Trinajstić information content (AvgIpc) is 3.18. The van der Waals surface area contributed by atoms with E-state index in [1.54, 1.807) is 22.8 Å². The van der Waals surface area contributed by atoms with Crippen molar-refractivity contribution in [2.45, 2.75) is 6.54 Å². The number of benzene rings is 3. The van der Waals surface area contributed by atoms with Gasteiger partial charge in [0.25, 0.3) is 0 Å². The minimum absolute atomic E-state index is 0.108. The van der Waals surface area contributed by atoms with E-state index in [1.807, 2.05) is 66.7 Å². The number of nitrogen functional groups attached to an aromatic ring is 1. The second kappa shape index (κ2) is 8.12. The highest BCUT2D eigenvalue weighted by atomic mass is 16.5. The lowest BCUT2D eigenvalue weighted by Gasteiger charge is -2.14. The predicted molar refractivity (Wildman–Crippen MR) is 127 cm³/mol. The molecule has 0 atom stereocenters. The average molecular weight is 436 g/mol. The molecule has 0 saturated heterocycles. The Labute approximate surface area is 189 Å². The molecule has 0 radical (unpaired) electrons. The number of carboxylic acid groups (broad SMARTS) is 1. The zero-order valence-corrected chi connectivity index (χ0v) is 17.5. The molecular weight excluding hydrogens is 416 g/mol. The van der Waals surface area contributed by atoms with E-state index in [0.29, 0.717) is 28.2 Å². The van der Waals surface area contributed by atoms with Crippen LogP contribution >= 0.6 is 0 Å². The molecule has 3 aromatic carbocycles. The van der Waals surface area contributed by atoms with Crippen LogP contribution in [0.1, 0.15) is 21.7 Å². The maximum absolute atomic E-state index is 12.0. The Morgan fingerprint density at radius 2 is 1.70 bits per heavy atom. The summed E-state index contributed by atoms with van der Waals surface area (Å²) in [4.78, 5) is 16.5. The van der Waals surface area contributed by atoms with Crippen molar-refractivity contribution in [1.29, 1.82) is 5.41 Å². The zero-order valence-electron chi connectivity index (χ0n) is 17.5. The van der Waals surface area contributed by atoms with Gasteiger partial charge in [0.05, 0.1) is 6.54 Å². The van der Waals surface area contributed by atoms with E-state index >= 15 is 0 Å². The van der Waals surface area contributed by atoms with Gasteiger partial charge in [0, 0.05) is 5.39 Å². The van der Waals surface area contributed by atoms with Crippen molar-refractivity contribution in [3.63, 3.8) is 0 Å². The molecule has 33 heavy (non-hydrogen) atoms. The van der Waals surface area contributed by atoms with Crippen LogP contribution in [-0.4, -0.2) is 26.5 Å². The van der Waals surface area contributed by atoms with E-state index in [1.165, 1.54) is 0 Å². The normalized spacial score (nSPS) is 11.0. The van der Waals surface area contributed by atoms with Gasteiger partial charge >= 0.3 is 5.97 Å². The van der Waals surface area contributed by atoms with Gasteiger partial charge in [0.15, 0.2) is 0 Å². The van der Waals surface area contributed by atoms with Gasteiger partial charge in [-0.25, -0.2) is 9.78 Å². The fourth-order valence-corrected chi connectivity index (χ4v) is 3.96. The van der Waals surface area contributed by atoms with Crippen molar-refractivity contribution in [3.05, 3.63) is 102 Å². The van der Waals surface area contributed by atoms with Crippen molar-refractivity contribution in [3.8, 4) is 11.5 Å². The van der Waals surface area contributed by atoms with Crippen LogP contribution in [0.5, 0.6) is 11.5 Å². The number of nitrogens with one attached hydrogen (secondary N) is 1. The molecule has 0 saturated carbocycles. The number of aromatic nitrogens is 2. The van der Waals surface area contributed by atoms with Gasteiger partial charge in [0.2, 0.25) is 0 Å². The quantitative estimate of drug-likeness (QED) is 0.256. The van der Waals surface area contributed by atoms with Crippen LogP contribution in [0.25, 0.3) is 21.8 Å². The monoisotopic (exact) mass is 436 g/mol. The number of nitrogens with zero attached hydrogens (tertiary/aromatic N) is 2. The summed E-state index contributed by atoms with van der Waals surface area (Å²) in [6.07, 6.45) is 0. The van der Waals surface area contributed by atoms with Crippen LogP contribution in [0.4, 0.5) is 0 Å². The predicted octanol–water partition coefficient (Wildman–Crippen LogP) is 5.01. The van der Waals surface area contributed by atoms with Crippen molar-refractivity contribution in [2.75, 3.05) is 0 Å². The fourth-order valence-electron chi connectivity index (χ4n) is 3.96. The lowest BCUT2D eigenvalue weighted by atomic mass is 10.0. The first-order valence-corrected chi connectivity index (χ1v) is 10.3. The molecule has 0 fully saturated rings. The number of aromatic carboxylic acids is 1. The van der Waals surface area contributed by atoms with Gasteiger partial charge in [-0.3, -0.25) is 5.41 Å². The first-order chi connectivity index (χ1) is 16.0. The third-order valence-corrected chi connectivity index (χ3v) is 5.47. The van der Waals surface area contributed by atoms with Crippen LogP contribution in [0.15, 0.2) is 84.9 Å². The molecular formula is C26H20N4O3. The van der Waals surface area contributed by atoms with Gasteiger partial charge in [-0.1, -0.05) is 42.5 Å². The summed E-state index contributed by atoms with van der Waals surface area (Å²) in [7, 11) is 0. The molecule has 4 N–H and O–H groups in total. The number of carboxylic acids is 1. The molecule has 5 rings (SSSR count). The van der Waals surface area contributed by atoms with Crippen molar-refractivity contribution >= 4 is 33.6 Å². The van der Waals surface area contributed by atoms with Crippen LogP contribution in [0.3, 0.4) is 0 Å². The van der Waals surface area contributed by atoms with Gasteiger partial charge in [-0.2, -0.15) is 0 Å². The summed E-state index contributed by atoms with van der Waals surface area (Å²) in [6, 6.07) is 26.2. The summed E-state index contributed by atoms with van der Waals surface area (Å²) < 4.78 is 7.71. The maximum atomic E-state index is 12.0. The van der Waals surface area contributed by atoms with E-state index < -0.39 is 5.97 Å². The Balaban J connectivity index is 1.67. The number of rotatable bonds is 6. The molecule has 162 valence electrons. The van der Waals surface area contributed by atoms with Crippen molar-refractivity contribution in [2.24, 2.45) is 5.73 Å². The Kier molecular flexibility index (Phi) is 4.99. The molecule has 7 nitrogen and oxygen atoms in total. The highest BCUT2D eigenvalue weighted by Crippen LogP contribution is 2.31. The molecule has 0 unspecified atom stereocenters. The molecule has 0 bridgehead atoms. The zero-order chi connectivity index (χ0) is 22.9. The van der Waals surface area contributed by atoms with Crippen LogP contribution in [0.2, 0.25) is 0 Å². The van der Waals surface area contributed by atoms with Crippen molar-refractivity contribution < 1.29 is 14.6 Å².